The maximum atomic E-state index is 11.4. The summed E-state index contributed by atoms with van der Waals surface area (Å²) >= 11 is 5.28. The third kappa shape index (κ3) is 3.79. The van der Waals surface area contributed by atoms with Crippen LogP contribution in [0.25, 0.3) is 0 Å². The number of primary amides is 1. The van der Waals surface area contributed by atoms with Crippen molar-refractivity contribution in [1.29, 1.82) is 0 Å². The van der Waals surface area contributed by atoms with Gasteiger partial charge in [-0.15, -0.1) is 0 Å². The second kappa shape index (κ2) is 6.37. The van der Waals surface area contributed by atoms with Crippen LogP contribution in [0, 0.1) is 13.8 Å². The van der Waals surface area contributed by atoms with Gasteiger partial charge in [-0.2, -0.15) is 0 Å². The Balaban J connectivity index is 2.14. The monoisotopic (exact) mass is 299 g/mol. The number of aryl methyl sites for hydroxylation is 2. The molecule has 0 spiro atoms. The van der Waals surface area contributed by atoms with Gasteiger partial charge in [0.1, 0.15) is 0 Å². The Morgan fingerprint density at radius 3 is 2.38 bits per heavy atom. The molecule has 0 aromatic heterocycles. The lowest BCUT2D eigenvalue weighted by Gasteiger charge is -2.14. The Hall–Kier alpha value is -2.40. The minimum Gasteiger partial charge on any atom is -0.366 e. The smallest absolute Gasteiger partial charge is 0.250 e. The van der Waals surface area contributed by atoms with Gasteiger partial charge in [0.15, 0.2) is 5.11 Å². The summed E-state index contributed by atoms with van der Waals surface area (Å²) in [6.07, 6.45) is 0. The van der Waals surface area contributed by atoms with Crippen LogP contribution in [-0.2, 0) is 0 Å². The molecule has 0 saturated carbocycles. The summed E-state index contributed by atoms with van der Waals surface area (Å²) in [5.74, 6) is -0.493. The third-order valence-electron chi connectivity index (χ3n) is 3.07. The van der Waals surface area contributed by atoms with Crippen LogP contribution in [0.15, 0.2) is 42.5 Å². The molecule has 0 aliphatic carbocycles. The van der Waals surface area contributed by atoms with Gasteiger partial charge in [0.2, 0.25) is 0 Å². The van der Waals surface area contributed by atoms with Gasteiger partial charge in [-0.05, 0) is 49.8 Å². The number of rotatable bonds is 3. The number of thiocarbonyl (C=S) groups is 1. The van der Waals surface area contributed by atoms with Crippen LogP contribution in [-0.4, -0.2) is 11.0 Å². The van der Waals surface area contributed by atoms with Crippen molar-refractivity contribution in [3.63, 3.8) is 0 Å². The van der Waals surface area contributed by atoms with Crippen molar-refractivity contribution in [2.24, 2.45) is 5.73 Å². The fourth-order valence-electron chi connectivity index (χ4n) is 2.04. The molecule has 0 atom stereocenters. The first-order valence-corrected chi connectivity index (χ1v) is 6.92. The van der Waals surface area contributed by atoms with E-state index in [2.05, 4.69) is 16.7 Å². The molecule has 0 unspecified atom stereocenters. The van der Waals surface area contributed by atoms with Crippen molar-refractivity contribution in [2.75, 3.05) is 10.6 Å². The van der Waals surface area contributed by atoms with Gasteiger partial charge in [-0.3, -0.25) is 4.79 Å². The number of para-hydroxylation sites is 1. The molecule has 4 N–H and O–H groups in total. The molecule has 0 aliphatic heterocycles. The zero-order valence-electron chi connectivity index (χ0n) is 11.9. The molecule has 0 aliphatic rings. The Labute approximate surface area is 129 Å². The molecule has 0 saturated heterocycles. The molecule has 2 aromatic carbocycles. The Morgan fingerprint density at radius 2 is 1.71 bits per heavy atom. The molecule has 2 rings (SSSR count). The van der Waals surface area contributed by atoms with E-state index in [1.165, 1.54) is 5.56 Å². The van der Waals surface area contributed by atoms with Crippen LogP contribution in [0.1, 0.15) is 21.5 Å². The van der Waals surface area contributed by atoms with Gasteiger partial charge in [-0.25, -0.2) is 0 Å². The molecular formula is C16H17N3OS. The first-order valence-electron chi connectivity index (χ1n) is 6.51. The van der Waals surface area contributed by atoms with Gasteiger partial charge >= 0.3 is 0 Å². The summed E-state index contributed by atoms with van der Waals surface area (Å²) in [6.45, 7) is 4.05. The third-order valence-corrected chi connectivity index (χ3v) is 3.27. The number of benzene rings is 2. The second-order valence-electron chi connectivity index (χ2n) is 4.81. The van der Waals surface area contributed by atoms with Gasteiger partial charge in [0, 0.05) is 5.69 Å². The normalized spacial score (nSPS) is 10.0. The van der Waals surface area contributed by atoms with Crippen molar-refractivity contribution in [3.05, 3.63) is 59.2 Å². The number of hydrogen-bond acceptors (Lipinski definition) is 2. The van der Waals surface area contributed by atoms with Crippen LogP contribution in [0.2, 0.25) is 0 Å². The number of carbonyl (C=O) groups is 1. The molecule has 108 valence electrons. The minimum absolute atomic E-state index is 0.405. The molecule has 0 fully saturated rings. The SMILES string of the molecule is Cc1ccc(NC(=S)Nc2ccccc2C(N)=O)c(C)c1. The summed E-state index contributed by atoms with van der Waals surface area (Å²) in [6, 6.07) is 13.0. The summed E-state index contributed by atoms with van der Waals surface area (Å²) < 4.78 is 0. The van der Waals surface area contributed by atoms with E-state index >= 15 is 0 Å². The molecule has 0 heterocycles. The van der Waals surface area contributed by atoms with E-state index in [9.17, 15) is 4.79 Å². The van der Waals surface area contributed by atoms with E-state index in [1.54, 1.807) is 18.2 Å². The predicted octanol–water partition coefficient (Wildman–Crippen LogP) is 3.21. The van der Waals surface area contributed by atoms with Crippen LogP contribution < -0.4 is 16.4 Å². The number of nitrogens with two attached hydrogens (primary N) is 1. The van der Waals surface area contributed by atoms with Gasteiger partial charge in [0.05, 0.1) is 11.3 Å². The largest absolute Gasteiger partial charge is 0.366 e. The summed E-state index contributed by atoms with van der Waals surface area (Å²) in [5.41, 5.74) is 9.55. The average molecular weight is 299 g/mol. The second-order valence-corrected chi connectivity index (χ2v) is 5.22. The Bertz CT molecular complexity index is 698. The molecule has 1 amide bonds. The summed E-state index contributed by atoms with van der Waals surface area (Å²) in [7, 11) is 0. The lowest BCUT2D eigenvalue weighted by molar-refractivity contribution is 0.100. The van der Waals surface area contributed by atoms with E-state index in [4.69, 9.17) is 18.0 Å². The van der Waals surface area contributed by atoms with Crippen molar-refractivity contribution >= 4 is 34.6 Å². The first-order chi connectivity index (χ1) is 9.97. The maximum Gasteiger partial charge on any atom is 0.250 e. The van der Waals surface area contributed by atoms with Crippen LogP contribution in [0.4, 0.5) is 11.4 Å². The highest BCUT2D eigenvalue weighted by Gasteiger charge is 2.09. The highest BCUT2D eigenvalue weighted by atomic mass is 32.1. The highest BCUT2D eigenvalue weighted by Crippen LogP contribution is 2.18. The lowest BCUT2D eigenvalue weighted by atomic mass is 10.1. The van der Waals surface area contributed by atoms with E-state index in [1.807, 2.05) is 32.0 Å². The molecule has 4 nitrogen and oxygen atoms in total. The minimum atomic E-state index is -0.493. The van der Waals surface area contributed by atoms with Crippen LogP contribution in [0.3, 0.4) is 0 Å². The van der Waals surface area contributed by atoms with Gasteiger partial charge < -0.3 is 16.4 Å². The fourth-order valence-corrected chi connectivity index (χ4v) is 2.26. The number of amides is 1. The number of hydrogen-bond donors (Lipinski definition) is 3. The molecule has 0 radical (unpaired) electrons. The van der Waals surface area contributed by atoms with E-state index in [-0.39, 0.29) is 0 Å². The van der Waals surface area contributed by atoms with Gasteiger partial charge in [0.25, 0.3) is 5.91 Å². The van der Waals surface area contributed by atoms with E-state index in [0.717, 1.165) is 11.3 Å². The van der Waals surface area contributed by atoms with Crippen LogP contribution >= 0.6 is 12.2 Å². The number of carbonyl (C=O) groups excluding carboxylic acids is 1. The average Bonchev–Trinajstić information content (AvgIpc) is 2.42. The van der Waals surface area contributed by atoms with Crippen molar-refractivity contribution in [3.8, 4) is 0 Å². The van der Waals surface area contributed by atoms with Crippen LogP contribution in [0.5, 0.6) is 0 Å². The predicted molar refractivity (Wildman–Crippen MR) is 90.7 cm³/mol. The van der Waals surface area contributed by atoms with Crippen molar-refractivity contribution in [1.82, 2.24) is 0 Å². The summed E-state index contributed by atoms with van der Waals surface area (Å²) in [5, 5.41) is 6.53. The van der Waals surface area contributed by atoms with E-state index in [0.29, 0.717) is 16.4 Å². The summed E-state index contributed by atoms with van der Waals surface area (Å²) in [4.78, 5) is 11.4. The first kappa shape index (κ1) is 15.0. The fraction of sp³-hybridized carbons (Fsp3) is 0.125. The quantitative estimate of drug-likeness (QED) is 0.761. The van der Waals surface area contributed by atoms with Crippen molar-refractivity contribution in [2.45, 2.75) is 13.8 Å². The zero-order valence-corrected chi connectivity index (χ0v) is 12.8. The number of nitrogens with one attached hydrogen (secondary N) is 2. The lowest BCUT2D eigenvalue weighted by Crippen LogP contribution is -2.22. The molecule has 5 heteroatoms. The molecule has 0 bridgehead atoms. The standard InChI is InChI=1S/C16H17N3OS/c1-10-7-8-13(11(2)9-10)18-16(21)19-14-6-4-3-5-12(14)15(17)20/h3-9H,1-2H3,(H2,17,20)(H2,18,19,21). The maximum absolute atomic E-state index is 11.4. The highest BCUT2D eigenvalue weighted by molar-refractivity contribution is 7.80. The van der Waals surface area contributed by atoms with Crippen molar-refractivity contribution < 1.29 is 4.79 Å². The topological polar surface area (TPSA) is 67.2 Å². The van der Waals surface area contributed by atoms with E-state index < -0.39 is 5.91 Å². The van der Waals surface area contributed by atoms with Gasteiger partial charge in [-0.1, -0.05) is 29.8 Å². The Morgan fingerprint density at radius 1 is 1.05 bits per heavy atom. The molecular weight excluding hydrogens is 282 g/mol. The molecule has 2 aromatic rings. The zero-order chi connectivity index (χ0) is 15.4. The number of anilines is 2. The Kier molecular flexibility index (Phi) is 4.55. The molecule has 21 heavy (non-hydrogen) atoms.